The highest BCUT2D eigenvalue weighted by molar-refractivity contribution is 5.76. The summed E-state index contributed by atoms with van der Waals surface area (Å²) >= 11 is 0. The first-order valence-electron chi connectivity index (χ1n) is 43.9. The molecule has 9 heteroatoms. The molecule has 1 aliphatic heterocycles. The molecule has 96 heavy (non-hydrogen) atoms. The van der Waals surface area contributed by atoms with Crippen LogP contribution in [0.3, 0.4) is 0 Å². The second-order valence-corrected chi connectivity index (χ2v) is 31.0. The number of carbonyl (C=O) groups excluding carboxylic acids is 1. The van der Waals surface area contributed by atoms with Crippen molar-refractivity contribution < 1.29 is 39.8 Å². The maximum absolute atomic E-state index is 13.2. The Bertz CT molecular complexity index is 1530. The van der Waals surface area contributed by atoms with E-state index in [0.29, 0.717) is 12.8 Å². The fourth-order valence-corrected chi connectivity index (χ4v) is 14.8. The molecule has 1 aliphatic rings. The zero-order valence-corrected chi connectivity index (χ0v) is 64.7. The average Bonchev–Trinajstić information content (AvgIpc) is 0.840. The predicted molar refractivity (Wildman–Crippen MR) is 415 cm³/mol. The summed E-state index contributed by atoms with van der Waals surface area (Å²) in [4.78, 5) is 13.2. The molecule has 1 fully saturated rings. The van der Waals surface area contributed by atoms with E-state index in [1.807, 2.05) is 0 Å². The lowest BCUT2D eigenvalue weighted by Gasteiger charge is -2.40. The Morgan fingerprint density at radius 2 is 0.583 bits per heavy atom. The molecule has 0 bridgehead atoms. The molecule has 0 aliphatic carbocycles. The zero-order chi connectivity index (χ0) is 69.2. The summed E-state index contributed by atoms with van der Waals surface area (Å²) in [5.74, 6) is -0.131. The molecule has 0 aromatic rings. The van der Waals surface area contributed by atoms with Crippen LogP contribution in [-0.4, -0.2) is 87.5 Å². The Labute approximate surface area is 598 Å². The number of amides is 1. The molecule has 7 unspecified atom stereocenters. The number of unbranched alkanes of at least 4 members (excludes halogenated alkanes) is 68. The fraction of sp³-hybridized carbons (Fsp3) is 0.966. The summed E-state index contributed by atoms with van der Waals surface area (Å²) in [6, 6.07) is -0.718. The number of aliphatic hydroxyl groups is 5. The van der Waals surface area contributed by atoms with Crippen LogP contribution in [0.25, 0.3) is 0 Å². The highest BCUT2D eigenvalue weighted by atomic mass is 16.7. The van der Waals surface area contributed by atoms with Gasteiger partial charge in [0.25, 0.3) is 0 Å². The second-order valence-electron chi connectivity index (χ2n) is 31.0. The normalized spacial score (nSPS) is 17.3. The Hall–Kier alpha value is -1.07. The van der Waals surface area contributed by atoms with Gasteiger partial charge in [0.15, 0.2) is 6.29 Å². The van der Waals surface area contributed by atoms with Crippen LogP contribution < -0.4 is 5.32 Å². The molecule has 0 aromatic heterocycles. The highest BCUT2D eigenvalue weighted by Gasteiger charge is 2.44. The van der Waals surface area contributed by atoms with Gasteiger partial charge in [-0.1, -0.05) is 450 Å². The first kappa shape index (κ1) is 92.9. The van der Waals surface area contributed by atoms with E-state index >= 15 is 0 Å². The molecule has 7 atom stereocenters. The van der Waals surface area contributed by atoms with E-state index in [-0.39, 0.29) is 12.5 Å². The average molecular weight is 1360 g/mol. The van der Waals surface area contributed by atoms with Crippen LogP contribution in [0.15, 0.2) is 12.2 Å². The molecule has 572 valence electrons. The minimum Gasteiger partial charge on any atom is -0.394 e. The first-order valence-corrected chi connectivity index (χ1v) is 43.9. The van der Waals surface area contributed by atoms with Crippen molar-refractivity contribution in [2.24, 2.45) is 0 Å². The lowest BCUT2D eigenvalue weighted by atomic mass is 9.99. The Morgan fingerprint density at radius 1 is 0.344 bits per heavy atom. The van der Waals surface area contributed by atoms with Gasteiger partial charge in [0.05, 0.1) is 25.4 Å². The third kappa shape index (κ3) is 63.8. The second kappa shape index (κ2) is 76.6. The van der Waals surface area contributed by atoms with Gasteiger partial charge in [0.1, 0.15) is 24.4 Å². The molecule has 0 saturated carbocycles. The largest absolute Gasteiger partial charge is 0.394 e. The molecule has 0 radical (unpaired) electrons. The standard InChI is InChI=1S/C87H171NO8/c1-3-5-7-9-11-13-15-17-19-21-23-25-27-29-31-33-35-37-38-39-40-41-42-43-44-45-47-49-51-53-55-57-59-61-63-65-67-69-71-73-75-77-83(91)88-80(79-95-87-86(94)85(93)84(92)82(78-89)96-87)81(90)76-74-72-70-68-66-64-62-60-58-56-54-52-50-48-46-36-34-32-30-28-26-24-22-20-18-16-14-12-10-8-6-4-2/h21,23,80-82,84-87,89-90,92-94H,3-20,22,24-79H2,1-2H3,(H,88,91)/b23-21-. The van der Waals surface area contributed by atoms with Gasteiger partial charge in [0, 0.05) is 6.42 Å². The van der Waals surface area contributed by atoms with Crippen molar-refractivity contribution >= 4 is 5.91 Å². The first-order chi connectivity index (χ1) is 47.3. The van der Waals surface area contributed by atoms with Crippen LogP contribution in [0.5, 0.6) is 0 Å². The van der Waals surface area contributed by atoms with Crippen molar-refractivity contribution in [2.45, 2.75) is 525 Å². The fourth-order valence-electron chi connectivity index (χ4n) is 14.8. The number of hydrogen-bond donors (Lipinski definition) is 6. The summed E-state index contributed by atoms with van der Waals surface area (Å²) in [7, 11) is 0. The predicted octanol–water partition coefficient (Wildman–Crippen LogP) is 25.7. The van der Waals surface area contributed by atoms with Crippen molar-refractivity contribution in [2.75, 3.05) is 13.2 Å². The molecule has 1 amide bonds. The molecular formula is C87H171NO8. The summed E-state index contributed by atoms with van der Waals surface area (Å²) in [6.07, 6.45) is 95.1. The Morgan fingerprint density at radius 3 is 0.844 bits per heavy atom. The van der Waals surface area contributed by atoms with Gasteiger partial charge in [-0.15, -0.1) is 0 Å². The SMILES string of the molecule is CCCCCCCCCC/C=C\CCCCCCCCCCCCCCCCCCCCCCCCCCCCCCCC(=O)NC(COC1OC(CO)C(O)C(O)C1O)C(O)CCCCCCCCCCCCCCCCCCCCCCCCCCCCCCCCCC. The van der Waals surface area contributed by atoms with Crippen LogP contribution in [0.2, 0.25) is 0 Å². The van der Waals surface area contributed by atoms with Crippen molar-refractivity contribution in [3.63, 3.8) is 0 Å². The molecule has 1 heterocycles. The minimum absolute atomic E-state index is 0.131. The number of nitrogens with one attached hydrogen (secondary N) is 1. The Kier molecular flexibility index (Phi) is 74.1. The van der Waals surface area contributed by atoms with Crippen molar-refractivity contribution in [1.29, 1.82) is 0 Å². The molecule has 1 rings (SSSR count). The monoisotopic (exact) mass is 1360 g/mol. The number of aliphatic hydroxyl groups excluding tert-OH is 5. The number of carbonyl (C=O) groups is 1. The lowest BCUT2D eigenvalue weighted by molar-refractivity contribution is -0.302. The van der Waals surface area contributed by atoms with Crippen LogP contribution in [0.1, 0.15) is 483 Å². The molecule has 0 aromatic carbocycles. The maximum Gasteiger partial charge on any atom is 0.220 e. The van der Waals surface area contributed by atoms with E-state index < -0.39 is 49.5 Å². The van der Waals surface area contributed by atoms with Crippen LogP contribution in [-0.2, 0) is 14.3 Å². The third-order valence-electron chi connectivity index (χ3n) is 21.6. The lowest BCUT2D eigenvalue weighted by Crippen LogP contribution is -2.60. The highest BCUT2D eigenvalue weighted by Crippen LogP contribution is 2.25. The van der Waals surface area contributed by atoms with Crippen LogP contribution >= 0.6 is 0 Å². The van der Waals surface area contributed by atoms with E-state index in [1.165, 1.54) is 417 Å². The molecule has 0 spiro atoms. The van der Waals surface area contributed by atoms with Gasteiger partial charge in [-0.3, -0.25) is 4.79 Å². The molecular weight excluding hydrogens is 1190 g/mol. The van der Waals surface area contributed by atoms with Gasteiger partial charge >= 0.3 is 0 Å². The maximum atomic E-state index is 13.2. The van der Waals surface area contributed by atoms with Gasteiger partial charge in [-0.25, -0.2) is 0 Å². The Balaban J connectivity index is 2.00. The van der Waals surface area contributed by atoms with E-state index in [9.17, 15) is 30.3 Å². The number of ether oxygens (including phenoxy) is 2. The van der Waals surface area contributed by atoms with Gasteiger partial charge in [-0.2, -0.15) is 0 Å². The van der Waals surface area contributed by atoms with E-state index in [0.717, 1.165) is 38.5 Å². The van der Waals surface area contributed by atoms with Gasteiger partial charge in [0.2, 0.25) is 5.91 Å². The van der Waals surface area contributed by atoms with Crippen molar-refractivity contribution in [1.82, 2.24) is 5.32 Å². The van der Waals surface area contributed by atoms with Gasteiger partial charge < -0.3 is 40.3 Å². The zero-order valence-electron chi connectivity index (χ0n) is 64.7. The van der Waals surface area contributed by atoms with E-state index in [2.05, 4.69) is 31.3 Å². The minimum atomic E-state index is -1.55. The summed E-state index contributed by atoms with van der Waals surface area (Å²) < 4.78 is 11.4. The topological polar surface area (TPSA) is 149 Å². The van der Waals surface area contributed by atoms with Crippen molar-refractivity contribution in [3.8, 4) is 0 Å². The summed E-state index contributed by atoms with van der Waals surface area (Å²) in [5, 5.41) is 55.2. The van der Waals surface area contributed by atoms with E-state index in [4.69, 9.17) is 9.47 Å². The molecule has 1 saturated heterocycles. The van der Waals surface area contributed by atoms with Crippen molar-refractivity contribution in [3.05, 3.63) is 12.2 Å². The third-order valence-corrected chi connectivity index (χ3v) is 21.6. The van der Waals surface area contributed by atoms with E-state index in [1.54, 1.807) is 0 Å². The smallest absolute Gasteiger partial charge is 0.220 e. The van der Waals surface area contributed by atoms with Crippen LogP contribution in [0, 0.1) is 0 Å². The summed E-state index contributed by atoms with van der Waals surface area (Å²) in [6.45, 7) is 3.92. The van der Waals surface area contributed by atoms with Gasteiger partial charge in [-0.05, 0) is 38.5 Å². The number of allylic oxidation sites excluding steroid dienone is 2. The molecule has 6 N–H and O–H groups in total. The summed E-state index contributed by atoms with van der Waals surface area (Å²) in [5.41, 5.74) is 0. The van der Waals surface area contributed by atoms with Crippen LogP contribution in [0.4, 0.5) is 0 Å². The number of rotatable bonds is 80. The number of hydrogen-bond acceptors (Lipinski definition) is 8. The quantitative estimate of drug-likeness (QED) is 0.0261. The molecule has 9 nitrogen and oxygen atoms in total.